The highest BCUT2D eigenvalue weighted by molar-refractivity contribution is 5.24. The van der Waals surface area contributed by atoms with Crippen LogP contribution >= 0.6 is 0 Å². The van der Waals surface area contributed by atoms with E-state index >= 15 is 0 Å². The fourth-order valence-electron chi connectivity index (χ4n) is 1.35. The zero-order valence-electron chi connectivity index (χ0n) is 7.25. The van der Waals surface area contributed by atoms with E-state index in [0.29, 0.717) is 5.69 Å². The lowest BCUT2D eigenvalue weighted by Gasteiger charge is -2.06. The number of halogens is 3. The molecule has 1 heterocycles. The minimum absolute atomic E-state index is 0.0687. The number of nitrogens with two attached hydrogens (primary N) is 1. The fraction of sp³-hybridized carbons (Fsp3) is 0.444. The lowest BCUT2D eigenvalue weighted by atomic mass is 10.2. The third kappa shape index (κ3) is 1.72. The molecule has 0 bridgehead atoms. The molecule has 1 saturated carbocycles. The number of rotatable bonds is 1. The lowest BCUT2D eigenvalue weighted by Crippen LogP contribution is -2.07. The summed E-state index contributed by atoms with van der Waals surface area (Å²) in [5, 5.41) is 0. The molecule has 0 saturated heterocycles. The van der Waals surface area contributed by atoms with Crippen LogP contribution in [-0.4, -0.2) is 11.0 Å². The Bertz CT molecular complexity index is 331. The summed E-state index contributed by atoms with van der Waals surface area (Å²) in [7, 11) is 0. The SMILES string of the molecule is NC1CC1c1ccc(C(F)(F)F)cn1. The van der Waals surface area contributed by atoms with Crippen molar-refractivity contribution in [1.82, 2.24) is 4.98 Å². The second kappa shape index (κ2) is 2.95. The maximum Gasteiger partial charge on any atom is 0.417 e. The van der Waals surface area contributed by atoms with Crippen LogP contribution in [-0.2, 0) is 6.18 Å². The molecule has 76 valence electrons. The van der Waals surface area contributed by atoms with Gasteiger partial charge in [-0.1, -0.05) is 0 Å². The first-order chi connectivity index (χ1) is 6.48. The summed E-state index contributed by atoms with van der Waals surface area (Å²) in [6.45, 7) is 0. The predicted octanol–water partition coefficient (Wildman–Crippen LogP) is 1.91. The van der Waals surface area contributed by atoms with E-state index < -0.39 is 11.7 Å². The summed E-state index contributed by atoms with van der Waals surface area (Å²) in [5.41, 5.74) is 5.51. The third-order valence-corrected chi connectivity index (χ3v) is 2.33. The van der Waals surface area contributed by atoms with Gasteiger partial charge in [0.2, 0.25) is 0 Å². The smallest absolute Gasteiger partial charge is 0.327 e. The summed E-state index contributed by atoms with van der Waals surface area (Å²) in [5.74, 6) is 0.150. The summed E-state index contributed by atoms with van der Waals surface area (Å²) in [6, 6.07) is 2.52. The minimum Gasteiger partial charge on any atom is -0.327 e. The van der Waals surface area contributed by atoms with E-state index in [9.17, 15) is 13.2 Å². The molecule has 1 aliphatic carbocycles. The van der Waals surface area contributed by atoms with Gasteiger partial charge in [0.15, 0.2) is 0 Å². The average Bonchev–Trinajstić information content (AvgIpc) is 2.81. The van der Waals surface area contributed by atoms with E-state index in [-0.39, 0.29) is 12.0 Å². The number of nitrogens with zero attached hydrogens (tertiary/aromatic N) is 1. The molecular weight excluding hydrogens is 193 g/mol. The Balaban J connectivity index is 2.18. The molecule has 2 atom stereocenters. The van der Waals surface area contributed by atoms with Crippen LogP contribution < -0.4 is 5.73 Å². The highest BCUT2D eigenvalue weighted by atomic mass is 19.4. The van der Waals surface area contributed by atoms with Gasteiger partial charge in [0.1, 0.15) is 0 Å². The summed E-state index contributed by atoms with van der Waals surface area (Å²) >= 11 is 0. The fourth-order valence-corrected chi connectivity index (χ4v) is 1.35. The molecule has 2 unspecified atom stereocenters. The van der Waals surface area contributed by atoms with E-state index in [1.165, 1.54) is 6.07 Å². The quantitative estimate of drug-likeness (QED) is 0.755. The molecule has 1 aliphatic rings. The molecule has 0 amide bonds. The lowest BCUT2D eigenvalue weighted by molar-refractivity contribution is -0.137. The van der Waals surface area contributed by atoms with E-state index in [0.717, 1.165) is 18.7 Å². The van der Waals surface area contributed by atoms with E-state index in [1.807, 2.05) is 0 Å². The Morgan fingerprint density at radius 3 is 2.36 bits per heavy atom. The van der Waals surface area contributed by atoms with Gasteiger partial charge in [-0.25, -0.2) is 0 Å². The monoisotopic (exact) mass is 202 g/mol. The zero-order chi connectivity index (χ0) is 10.3. The van der Waals surface area contributed by atoms with Gasteiger partial charge in [-0.05, 0) is 18.6 Å². The Morgan fingerprint density at radius 2 is 2.00 bits per heavy atom. The second-order valence-corrected chi connectivity index (χ2v) is 3.48. The van der Waals surface area contributed by atoms with Crippen LogP contribution in [0, 0.1) is 0 Å². The average molecular weight is 202 g/mol. The normalized spacial score (nSPS) is 26.3. The Kier molecular flexibility index (Phi) is 1.99. The van der Waals surface area contributed by atoms with Crippen molar-refractivity contribution in [3.8, 4) is 0 Å². The predicted molar refractivity (Wildman–Crippen MR) is 44.6 cm³/mol. The second-order valence-electron chi connectivity index (χ2n) is 3.48. The summed E-state index contributed by atoms with van der Waals surface area (Å²) in [6.07, 6.45) is -2.63. The molecule has 2 nitrogen and oxygen atoms in total. The van der Waals surface area contributed by atoms with Crippen LogP contribution in [0.1, 0.15) is 23.6 Å². The number of pyridine rings is 1. The van der Waals surface area contributed by atoms with Gasteiger partial charge in [0, 0.05) is 23.9 Å². The molecule has 0 aromatic carbocycles. The van der Waals surface area contributed by atoms with Crippen LogP contribution in [0.3, 0.4) is 0 Å². The topological polar surface area (TPSA) is 38.9 Å². The highest BCUT2D eigenvalue weighted by Gasteiger charge is 2.37. The van der Waals surface area contributed by atoms with Crippen molar-refractivity contribution in [2.75, 3.05) is 0 Å². The Morgan fingerprint density at radius 1 is 1.36 bits per heavy atom. The first kappa shape index (κ1) is 9.45. The van der Waals surface area contributed by atoms with Gasteiger partial charge in [-0.2, -0.15) is 13.2 Å². The van der Waals surface area contributed by atoms with Crippen molar-refractivity contribution in [3.63, 3.8) is 0 Å². The highest BCUT2D eigenvalue weighted by Crippen LogP contribution is 2.38. The first-order valence-corrected chi connectivity index (χ1v) is 4.27. The minimum atomic E-state index is -4.31. The van der Waals surface area contributed by atoms with Gasteiger partial charge >= 0.3 is 6.18 Å². The van der Waals surface area contributed by atoms with Crippen LogP contribution in [0.15, 0.2) is 18.3 Å². The number of hydrogen-bond donors (Lipinski definition) is 1. The van der Waals surface area contributed by atoms with Gasteiger partial charge in [-0.15, -0.1) is 0 Å². The molecule has 0 aliphatic heterocycles. The number of hydrogen-bond acceptors (Lipinski definition) is 2. The van der Waals surface area contributed by atoms with Crippen molar-refractivity contribution in [1.29, 1.82) is 0 Å². The third-order valence-electron chi connectivity index (χ3n) is 2.33. The van der Waals surface area contributed by atoms with Crippen molar-refractivity contribution < 1.29 is 13.2 Å². The molecule has 1 fully saturated rings. The maximum atomic E-state index is 12.1. The van der Waals surface area contributed by atoms with Crippen molar-refractivity contribution >= 4 is 0 Å². The largest absolute Gasteiger partial charge is 0.417 e. The molecule has 2 N–H and O–H groups in total. The van der Waals surface area contributed by atoms with Crippen LogP contribution in [0.4, 0.5) is 13.2 Å². The van der Waals surface area contributed by atoms with Crippen LogP contribution in [0.25, 0.3) is 0 Å². The van der Waals surface area contributed by atoms with E-state index in [1.54, 1.807) is 0 Å². The molecule has 0 radical (unpaired) electrons. The molecule has 14 heavy (non-hydrogen) atoms. The molecule has 1 aromatic heterocycles. The maximum absolute atomic E-state index is 12.1. The van der Waals surface area contributed by atoms with Crippen LogP contribution in [0.5, 0.6) is 0 Å². The van der Waals surface area contributed by atoms with Gasteiger partial charge < -0.3 is 5.73 Å². The van der Waals surface area contributed by atoms with Gasteiger partial charge in [0.25, 0.3) is 0 Å². The summed E-state index contributed by atoms with van der Waals surface area (Å²) in [4.78, 5) is 3.76. The number of alkyl halides is 3. The molecule has 1 aromatic rings. The standard InChI is InChI=1S/C9H9F3N2/c10-9(11,12)5-1-2-8(14-4-5)6-3-7(6)13/h1-2,4,6-7H,3,13H2. The van der Waals surface area contributed by atoms with Gasteiger partial charge in [0.05, 0.1) is 5.56 Å². The molecular formula is C9H9F3N2. The van der Waals surface area contributed by atoms with Crippen molar-refractivity contribution in [3.05, 3.63) is 29.6 Å². The number of aromatic nitrogens is 1. The van der Waals surface area contributed by atoms with E-state index in [2.05, 4.69) is 4.98 Å². The molecule has 2 rings (SSSR count). The molecule has 5 heteroatoms. The Hall–Kier alpha value is -1.10. The van der Waals surface area contributed by atoms with Crippen molar-refractivity contribution in [2.24, 2.45) is 5.73 Å². The molecule has 0 spiro atoms. The Labute approximate surface area is 78.9 Å². The van der Waals surface area contributed by atoms with E-state index in [4.69, 9.17) is 5.73 Å². The van der Waals surface area contributed by atoms with Crippen LogP contribution in [0.2, 0.25) is 0 Å². The van der Waals surface area contributed by atoms with Crippen molar-refractivity contribution in [2.45, 2.75) is 24.6 Å². The summed E-state index contributed by atoms with van der Waals surface area (Å²) < 4.78 is 36.4. The zero-order valence-corrected chi connectivity index (χ0v) is 7.25. The van der Waals surface area contributed by atoms with Gasteiger partial charge in [-0.3, -0.25) is 4.98 Å². The first-order valence-electron chi connectivity index (χ1n) is 4.27.